The zero-order valence-corrected chi connectivity index (χ0v) is 19.5. The molecular weight excluding hydrogens is 452 g/mol. The van der Waals surface area contributed by atoms with Gasteiger partial charge in [0.25, 0.3) is 0 Å². The summed E-state index contributed by atoms with van der Waals surface area (Å²) >= 11 is 6.17. The minimum atomic E-state index is 0.688. The molecule has 0 unspecified atom stereocenters. The predicted octanol–water partition coefficient (Wildman–Crippen LogP) is 7.92. The summed E-state index contributed by atoms with van der Waals surface area (Å²) in [5.41, 5.74) is 7.70. The fraction of sp³-hybridized carbons (Fsp3) is 0. The van der Waals surface area contributed by atoms with Gasteiger partial charge in [-0.05, 0) is 24.3 Å². The van der Waals surface area contributed by atoms with Gasteiger partial charge in [-0.25, -0.2) is 9.67 Å². The fourth-order valence-corrected chi connectivity index (χ4v) is 4.33. The van der Waals surface area contributed by atoms with Crippen LogP contribution >= 0.6 is 11.6 Å². The Labute approximate surface area is 208 Å². The molecule has 168 valence electrons. The maximum atomic E-state index is 6.17. The molecule has 0 aliphatic carbocycles. The topological polar surface area (TPSA) is 46.5 Å². The Morgan fingerprint density at radius 1 is 0.600 bits per heavy atom. The lowest BCUT2D eigenvalue weighted by Crippen LogP contribution is -1.93. The Morgan fingerprint density at radius 2 is 1.17 bits per heavy atom. The molecule has 5 heteroatoms. The number of aromatic nitrogens is 4. The van der Waals surface area contributed by atoms with Gasteiger partial charge in [-0.1, -0.05) is 103 Å². The van der Waals surface area contributed by atoms with Gasteiger partial charge in [0, 0.05) is 27.9 Å². The summed E-state index contributed by atoms with van der Waals surface area (Å²) in [5.74, 6) is 0.759. The van der Waals surface area contributed by atoms with Crippen LogP contribution in [0.5, 0.6) is 0 Å². The molecule has 4 aromatic carbocycles. The first-order chi connectivity index (χ1) is 17.3. The second-order valence-electron chi connectivity index (χ2n) is 8.22. The smallest absolute Gasteiger partial charge is 0.142 e. The zero-order chi connectivity index (χ0) is 23.6. The summed E-state index contributed by atoms with van der Waals surface area (Å²) in [5, 5.41) is 5.64. The van der Waals surface area contributed by atoms with E-state index in [4.69, 9.17) is 21.7 Å². The predicted molar refractivity (Wildman–Crippen MR) is 142 cm³/mol. The lowest BCUT2D eigenvalue weighted by atomic mass is 10.1. The SMILES string of the molecule is Clc1ccc(-c2nn(-c3ccccc3)cc2-c2nc(-c3ccccc3)c(-c3ccccc3)[nH]2)cc1. The lowest BCUT2D eigenvalue weighted by Gasteiger charge is -2.02. The molecule has 4 nitrogen and oxygen atoms in total. The van der Waals surface area contributed by atoms with Gasteiger partial charge < -0.3 is 4.98 Å². The maximum Gasteiger partial charge on any atom is 0.142 e. The number of hydrogen-bond acceptors (Lipinski definition) is 2. The van der Waals surface area contributed by atoms with Crippen LogP contribution in [0, 0.1) is 0 Å². The molecule has 0 amide bonds. The molecule has 1 N–H and O–H groups in total. The Bertz CT molecular complexity index is 1510. The van der Waals surface area contributed by atoms with Crippen molar-refractivity contribution in [3.8, 4) is 50.8 Å². The van der Waals surface area contributed by atoms with Gasteiger partial charge in [-0.2, -0.15) is 5.10 Å². The van der Waals surface area contributed by atoms with E-state index in [0.29, 0.717) is 5.02 Å². The number of aromatic amines is 1. The summed E-state index contributed by atoms with van der Waals surface area (Å²) < 4.78 is 1.90. The molecule has 0 saturated heterocycles. The highest BCUT2D eigenvalue weighted by Gasteiger charge is 2.20. The van der Waals surface area contributed by atoms with Crippen LogP contribution in [-0.2, 0) is 0 Å². The van der Waals surface area contributed by atoms with E-state index >= 15 is 0 Å². The average molecular weight is 473 g/mol. The Kier molecular flexibility index (Phi) is 5.49. The number of hydrogen-bond donors (Lipinski definition) is 1. The van der Waals surface area contributed by atoms with Crippen molar-refractivity contribution in [1.29, 1.82) is 0 Å². The number of halogens is 1. The highest BCUT2D eigenvalue weighted by molar-refractivity contribution is 6.30. The average Bonchev–Trinajstić information content (AvgIpc) is 3.56. The van der Waals surface area contributed by atoms with E-state index in [2.05, 4.69) is 29.2 Å². The van der Waals surface area contributed by atoms with Crippen molar-refractivity contribution < 1.29 is 0 Å². The molecule has 0 bridgehead atoms. The Balaban J connectivity index is 1.57. The van der Waals surface area contributed by atoms with Crippen molar-refractivity contribution >= 4 is 11.6 Å². The molecule has 0 aliphatic heterocycles. The molecule has 0 atom stereocenters. The monoisotopic (exact) mass is 472 g/mol. The molecule has 2 aromatic heterocycles. The van der Waals surface area contributed by atoms with E-state index in [-0.39, 0.29) is 0 Å². The van der Waals surface area contributed by atoms with Crippen LogP contribution in [0.25, 0.3) is 50.8 Å². The van der Waals surface area contributed by atoms with E-state index < -0.39 is 0 Å². The van der Waals surface area contributed by atoms with Crippen molar-refractivity contribution in [2.75, 3.05) is 0 Å². The van der Waals surface area contributed by atoms with Crippen molar-refractivity contribution in [3.63, 3.8) is 0 Å². The standard InChI is InChI=1S/C30H21ClN4/c31-24-18-16-23(17-19-24)27-26(20-35(34-27)25-14-8-3-9-15-25)30-32-28(21-10-4-1-5-11-21)29(33-30)22-12-6-2-7-13-22/h1-20H,(H,32,33). The highest BCUT2D eigenvalue weighted by atomic mass is 35.5. The van der Waals surface area contributed by atoms with Gasteiger partial charge >= 0.3 is 0 Å². The Hall–Kier alpha value is -4.41. The summed E-state index contributed by atoms with van der Waals surface area (Å²) in [6.07, 6.45) is 2.03. The molecule has 2 heterocycles. The molecule has 0 fully saturated rings. The molecular formula is C30H21ClN4. The van der Waals surface area contributed by atoms with Crippen LogP contribution in [0.15, 0.2) is 121 Å². The van der Waals surface area contributed by atoms with Crippen LogP contribution in [-0.4, -0.2) is 19.7 Å². The number of nitrogens with zero attached hydrogens (tertiary/aromatic N) is 3. The third kappa shape index (κ3) is 4.16. The van der Waals surface area contributed by atoms with E-state index in [9.17, 15) is 0 Å². The van der Waals surface area contributed by atoms with Crippen LogP contribution in [0.4, 0.5) is 0 Å². The van der Waals surface area contributed by atoms with Gasteiger partial charge in [0.15, 0.2) is 0 Å². The number of para-hydroxylation sites is 1. The summed E-state index contributed by atoms with van der Waals surface area (Å²) in [7, 11) is 0. The lowest BCUT2D eigenvalue weighted by molar-refractivity contribution is 0.884. The maximum absolute atomic E-state index is 6.17. The first-order valence-electron chi connectivity index (χ1n) is 11.4. The second-order valence-corrected chi connectivity index (χ2v) is 8.66. The van der Waals surface area contributed by atoms with Gasteiger partial charge in [0.05, 0.1) is 22.6 Å². The first kappa shape index (κ1) is 21.1. The van der Waals surface area contributed by atoms with Gasteiger partial charge in [-0.3, -0.25) is 0 Å². The van der Waals surface area contributed by atoms with Crippen molar-refractivity contribution in [2.45, 2.75) is 0 Å². The van der Waals surface area contributed by atoms with Crippen LogP contribution < -0.4 is 0 Å². The first-order valence-corrected chi connectivity index (χ1v) is 11.8. The van der Waals surface area contributed by atoms with Gasteiger partial charge in [0.2, 0.25) is 0 Å². The number of nitrogens with one attached hydrogen (secondary N) is 1. The minimum absolute atomic E-state index is 0.688. The molecule has 0 spiro atoms. The normalized spacial score (nSPS) is 11.0. The van der Waals surface area contributed by atoms with E-state index in [1.807, 2.05) is 102 Å². The molecule has 0 aliphatic rings. The van der Waals surface area contributed by atoms with Crippen LogP contribution in [0.1, 0.15) is 0 Å². The zero-order valence-electron chi connectivity index (χ0n) is 18.8. The molecule has 6 aromatic rings. The summed E-state index contributed by atoms with van der Waals surface area (Å²) in [6, 6.07) is 38.4. The quantitative estimate of drug-likeness (QED) is 0.277. The second kappa shape index (κ2) is 9.09. The molecule has 0 radical (unpaired) electrons. The highest BCUT2D eigenvalue weighted by Crippen LogP contribution is 2.36. The fourth-order valence-electron chi connectivity index (χ4n) is 4.20. The van der Waals surface area contributed by atoms with Crippen LogP contribution in [0.2, 0.25) is 5.02 Å². The number of rotatable bonds is 5. The number of benzene rings is 4. The Morgan fingerprint density at radius 3 is 1.83 bits per heavy atom. The van der Waals surface area contributed by atoms with E-state index in [1.165, 1.54) is 0 Å². The number of imidazole rings is 1. The minimum Gasteiger partial charge on any atom is -0.337 e. The van der Waals surface area contributed by atoms with Crippen LogP contribution in [0.3, 0.4) is 0 Å². The number of H-pyrrole nitrogens is 1. The molecule has 35 heavy (non-hydrogen) atoms. The third-order valence-corrected chi connectivity index (χ3v) is 6.17. The third-order valence-electron chi connectivity index (χ3n) is 5.92. The van der Waals surface area contributed by atoms with E-state index in [1.54, 1.807) is 0 Å². The molecule has 6 rings (SSSR count). The van der Waals surface area contributed by atoms with Crippen molar-refractivity contribution in [1.82, 2.24) is 19.7 Å². The van der Waals surface area contributed by atoms with Gasteiger partial charge in [-0.15, -0.1) is 0 Å². The van der Waals surface area contributed by atoms with Crippen molar-refractivity contribution in [3.05, 3.63) is 126 Å². The van der Waals surface area contributed by atoms with Gasteiger partial charge in [0.1, 0.15) is 11.5 Å². The summed E-state index contributed by atoms with van der Waals surface area (Å²) in [4.78, 5) is 8.71. The van der Waals surface area contributed by atoms with E-state index in [0.717, 1.165) is 50.8 Å². The summed E-state index contributed by atoms with van der Waals surface area (Å²) in [6.45, 7) is 0. The van der Waals surface area contributed by atoms with Crippen molar-refractivity contribution in [2.24, 2.45) is 0 Å². The molecule has 0 saturated carbocycles. The largest absolute Gasteiger partial charge is 0.337 e.